The molecule has 1 fully saturated rings. The molecular weight excluding hydrogens is 378 g/mol. The van der Waals surface area contributed by atoms with Gasteiger partial charge in [0.1, 0.15) is 0 Å². The van der Waals surface area contributed by atoms with E-state index in [9.17, 15) is 15.3 Å². The number of nitrogens with zero attached hydrogens (tertiary/aromatic N) is 3. The van der Waals surface area contributed by atoms with Gasteiger partial charge < -0.3 is 14.4 Å². The van der Waals surface area contributed by atoms with E-state index >= 15 is 0 Å². The van der Waals surface area contributed by atoms with Crippen molar-refractivity contribution in [3.63, 3.8) is 0 Å². The van der Waals surface area contributed by atoms with Gasteiger partial charge >= 0.3 is 0 Å². The van der Waals surface area contributed by atoms with E-state index in [1.54, 1.807) is 18.2 Å². The van der Waals surface area contributed by atoms with Crippen molar-refractivity contribution in [1.29, 1.82) is 10.5 Å². The van der Waals surface area contributed by atoms with Gasteiger partial charge in [0.05, 0.1) is 38.4 Å². The number of rotatable bonds is 4. The minimum Gasteiger partial charge on any atom is -0.493 e. The van der Waals surface area contributed by atoms with Gasteiger partial charge in [0.25, 0.3) is 0 Å². The Morgan fingerprint density at radius 3 is 2.43 bits per heavy atom. The summed E-state index contributed by atoms with van der Waals surface area (Å²) in [6, 6.07) is 16.3. The van der Waals surface area contributed by atoms with Crippen molar-refractivity contribution in [2.45, 2.75) is 24.9 Å². The van der Waals surface area contributed by atoms with E-state index in [0.29, 0.717) is 17.1 Å². The number of carbonyl (C=O) groups is 1. The van der Waals surface area contributed by atoms with E-state index in [1.807, 2.05) is 41.3 Å². The molecule has 6 nitrogen and oxygen atoms in total. The summed E-state index contributed by atoms with van der Waals surface area (Å²) in [7, 11) is 3.05. The van der Waals surface area contributed by atoms with Crippen LogP contribution in [0.3, 0.4) is 0 Å². The highest BCUT2D eigenvalue weighted by Crippen LogP contribution is 2.57. The summed E-state index contributed by atoms with van der Waals surface area (Å²) in [6.07, 6.45) is 3.78. The molecule has 2 aromatic carbocycles. The van der Waals surface area contributed by atoms with Gasteiger partial charge in [0.15, 0.2) is 22.7 Å². The number of nitriles is 2. The fourth-order valence-electron chi connectivity index (χ4n) is 4.89. The quantitative estimate of drug-likeness (QED) is 0.779. The fourth-order valence-corrected chi connectivity index (χ4v) is 4.89. The van der Waals surface area contributed by atoms with Crippen LogP contribution < -0.4 is 14.4 Å². The number of hydrogen-bond donors (Lipinski definition) is 0. The monoisotopic (exact) mass is 399 g/mol. The van der Waals surface area contributed by atoms with Crippen LogP contribution in [0.4, 0.5) is 5.69 Å². The normalized spacial score (nSPS) is 23.0. The Kier molecular flexibility index (Phi) is 4.72. The molecule has 3 atom stereocenters. The molecule has 150 valence electrons. The minimum atomic E-state index is -1.49. The van der Waals surface area contributed by atoms with Crippen molar-refractivity contribution >= 4 is 17.5 Å². The topological polar surface area (TPSA) is 86.4 Å². The standard InChI is InChI=1S/C24H21N3O3/c1-15(28)22-21(17-8-6-10-19(29-2)23(17)30-3)24(13-25,14-26)20-12-11-16-7-4-5-9-18(16)27(20)22/h4-12,20-22H,1-3H3/t20-,21+,22-/m0/s1. The number of hydrogen-bond acceptors (Lipinski definition) is 6. The zero-order valence-corrected chi connectivity index (χ0v) is 17.0. The number of ether oxygens (including phenoxy) is 2. The summed E-state index contributed by atoms with van der Waals surface area (Å²) in [5.41, 5.74) is 0.910. The van der Waals surface area contributed by atoms with Gasteiger partial charge in [0, 0.05) is 17.2 Å². The summed E-state index contributed by atoms with van der Waals surface area (Å²) in [4.78, 5) is 14.9. The van der Waals surface area contributed by atoms with Crippen molar-refractivity contribution in [3.8, 4) is 23.6 Å². The highest BCUT2D eigenvalue weighted by Gasteiger charge is 2.63. The molecule has 0 aromatic heterocycles. The molecule has 6 heteroatoms. The lowest BCUT2D eigenvalue weighted by atomic mass is 9.69. The van der Waals surface area contributed by atoms with Gasteiger partial charge in [-0.05, 0) is 24.6 Å². The average Bonchev–Trinajstić information content (AvgIpc) is 3.09. The summed E-state index contributed by atoms with van der Waals surface area (Å²) < 4.78 is 11.1. The number of Topliss-reactive ketones (excluding diaryl/α,β-unsaturated/α-hetero) is 1. The molecule has 0 bridgehead atoms. The Hall–Kier alpha value is -3.77. The van der Waals surface area contributed by atoms with Crippen molar-refractivity contribution < 1.29 is 14.3 Å². The van der Waals surface area contributed by atoms with Gasteiger partial charge in [-0.1, -0.05) is 42.5 Å². The lowest BCUT2D eigenvalue weighted by Crippen LogP contribution is -2.43. The second-order valence-electron chi connectivity index (χ2n) is 7.48. The van der Waals surface area contributed by atoms with Gasteiger partial charge in [-0.25, -0.2) is 0 Å². The summed E-state index contributed by atoms with van der Waals surface area (Å²) in [5.74, 6) is 0.0781. The zero-order chi connectivity index (χ0) is 21.5. The summed E-state index contributed by atoms with van der Waals surface area (Å²) in [5, 5.41) is 20.6. The molecule has 0 aliphatic carbocycles. The van der Waals surface area contributed by atoms with Crippen LogP contribution >= 0.6 is 0 Å². The molecule has 0 amide bonds. The predicted molar refractivity (Wildman–Crippen MR) is 112 cm³/mol. The number of methoxy groups -OCH3 is 2. The van der Waals surface area contributed by atoms with Crippen LogP contribution in [0, 0.1) is 28.1 Å². The molecule has 2 aliphatic heterocycles. The second kappa shape index (κ2) is 7.24. The molecule has 0 spiro atoms. The van der Waals surface area contributed by atoms with E-state index in [2.05, 4.69) is 12.1 Å². The maximum atomic E-state index is 13.0. The molecule has 30 heavy (non-hydrogen) atoms. The first-order valence-corrected chi connectivity index (χ1v) is 9.63. The highest BCUT2D eigenvalue weighted by atomic mass is 16.5. The largest absolute Gasteiger partial charge is 0.493 e. The van der Waals surface area contributed by atoms with Crippen molar-refractivity contribution in [2.24, 2.45) is 5.41 Å². The Bertz CT molecular complexity index is 1110. The van der Waals surface area contributed by atoms with Crippen molar-refractivity contribution in [3.05, 3.63) is 59.7 Å². The first-order chi connectivity index (χ1) is 14.5. The molecule has 2 aromatic rings. The number of benzene rings is 2. The Morgan fingerprint density at radius 2 is 1.80 bits per heavy atom. The predicted octanol–water partition coefficient (Wildman–Crippen LogP) is 3.69. The van der Waals surface area contributed by atoms with Crippen LogP contribution in [0.25, 0.3) is 6.08 Å². The zero-order valence-electron chi connectivity index (χ0n) is 17.0. The Labute approximate surface area is 175 Å². The fraction of sp³-hybridized carbons (Fsp3) is 0.292. The number of anilines is 1. The molecular formula is C24H21N3O3. The SMILES string of the molecule is COc1cccc([C@@H]2[C@H](C(C)=O)N3c4ccccc4C=C[C@H]3C2(C#N)C#N)c1OC. The molecule has 0 unspecified atom stereocenters. The number of ketones is 1. The third-order valence-electron chi connectivity index (χ3n) is 6.10. The van der Waals surface area contributed by atoms with Gasteiger partial charge in [-0.3, -0.25) is 4.79 Å². The maximum Gasteiger partial charge on any atom is 0.176 e. The highest BCUT2D eigenvalue weighted by molar-refractivity contribution is 5.91. The lowest BCUT2D eigenvalue weighted by Gasteiger charge is -2.35. The van der Waals surface area contributed by atoms with E-state index in [4.69, 9.17) is 9.47 Å². The number of para-hydroxylation sites is 2. The third kappa shape index (κ3) is 2.51. The van der Waals surface area contributed by atoms with E-state index in [1.165, 1.54) is 21.1 Å². The Balaban J connectivity index is 2.04. The number of carbonyl (C=O) groups excluding carboxylic acids is 1. The lowest BCUT2D eigenvalue weighted by molar-refractivity contribution is -0.118. The summed E-state index contributed by atoms with van der Waals surface area (Å²) in [6.45, 7) is 1.51. The molecule has 4 rings (SSSR count). The molecule has 0 saturated carbocycles. The molecule has 0 radical (unpaired) electrons. The van der Waals surface area contributed by atoms with Crippen LogP contribution in [-0.2, 0) is 4.79 Å². The smallest absolute Gasteiger partial charge is 0.176 e. The van der Waals surface area contributed by atoms with Crippen LogP contribution in [0.15, 0.2) is 48.5 Å². The molecule has 2 heterocycles. The Morgan fingerprint density at radius 1 is 1.07 bits per heavy atom. The van der Waals surface area contributed by atoms with Crippen LogP contribution in [0.5, 0.6) is 11.5 Å². The maximum absolute atomic E-state index is 13.0. The minimum absolute atomic E-state index is 0.118. The second-order valence-corrected chi connectivity index (χ2v) is 7.48. The van der Waals surface area contributed by atoms with Crippen LogP contribution in [0.1, 0.15) is 24.0 Å². The van der Waals surface area contributed by atoms with Crippen LogP contribution in [-0.4, -0.2) is 32.1 Å². The first kappa shape index (κ1) is 19.5. The molecule has 2 aliphatic rings. The van der Waals surface area contributed by atoms with Crippen molar-refractivity contribution in [1.82, 2.24) is 0 Å². The van der Waals surface area contributed by atoms with Crippen molar-refractivity contribution in [2.75, 3.05) is 19.1 Å². The van der Waals surface area contributed by atoms with Crippen LogP contribution in [0.2, 0.25) is 0 Å². The van der Waals surface area contributed by atoms with Gasteiger partial charge in [-0.2, -0.15) is 10.5 Å². The van der Waals surface area contributed by atoms with Gasteiger partial charge in [0.2, 0.25) is 0 Å². The summed E-state index contributed by atoms with van der Waals surface area (Å²) >= 11 is 0. The number of fused-ring (bicyclic) bond motifs is 3. The third-order valence-corrected chi connectivity index (χ3v) is 6.10. The van der Waals surface area contributed by atoms with E-state index < -0.39 is 23.4 Å². The average molecular weight is 399 g/mol. The molecule has 1 saturated heterocycles. The van der Waals surface area contributed by atoms with E-state index in [-0.39, 0.29) is 5.78 Å². The van der Waals surface area contributed by atoms with Gasteiger partial charge in [-0.15, -0.1) is 0 Å². The van der Waals surface area contributed by atoms with E-state index in [0.717, 1.165) is 11.3 Å². The molecule has 0 N–H and O–H groups in total. The first-order valence-electron chi connectivity index (χ1n) is 9.63.